The van der Waals surface area contributed by atoms with Crippen molar-refractivity contribution in [3.8, 4) is 22.6 Å². The van der Waals surface area contributed by atoms with Crippen LogP contribution < -0.4 is 0 Å². The van der Waals surface area contributed by atoms with Crippen molar-refractivity contribution in [2.75, 3.05) is 0 Å². The van der Waals surface area contributed by atoms with E-state index in [0.29, 0.717) is 5.89 Å². The number of nitrogens with zero attached hydrogens (tertiary/aromatic N) is 1. The van der Waals surface area contributed by atoms with Crippen molar-refractivity contribution in [1.82, 2.24) is 4.98 Å². The zero-order valence-corrected chi connectivity index (χ0v) is 13.7. The van der Waals surface area contributed by atoms with E-state index in [4.69, 9.17) is 9.40 Å². The van der Waals surface area contributed by atoms with Gasteiger partial charge in [0.1, 0.15) is 5.69 Å². The molecule has 0 bridgehead atoms. The van der Waals surface area contributed by atoms with Gasteiger partial charge in [-0.05, 0) is 17.5 Å². The van der Waals surface area contributed by atoms with Crippen molar-refractivity contribution in [2.24, 2.45) is 0 Å². The van der Waals surface area contributed by atoms with Gasteiger partial charge in [-0.3, -0.25) is 0 Å². The van der Waals surface area contributed by atoms with Gasteiger partial charge in [0.2, 0.25) is 5.89 Å². The van der Waals surface area contributed by atoms with Crippen LogP contribution in [-0.2, 0) is 0 Å². The van der Waals surface area contributed by atoms with E-state index >= 15 is 0 Å². The van der Waals surface area contributed by atoms with Gasteiger partial charge in [0.05, 0.1) is 0 Å². The largest absolute Gasteiger partial charge is 0.436 e. The first-order valence-corrected chi connectivity index (χ1v) is 8.61. The van der Waals surface area contributed by atoms with Gasteiger partial charge in [-0.25, -0.2) is 4.98 Å². The molecule has 0 aliphatic heterocycles. The normalized spacial score (nSPS) is 11.2. The predicted octanol–water partition coefficient (Wildman–Crippen LogP) is 6.24. The van der Waals surface area contributed by atoms with Crippen LogP contribution in [0.2, 0.25) is 0 Å². The summed E-state index contributed by atoms with van der Waals surface area (Å²) in [5.74, 6) is 1.41. The lowest BCUT2D eigenvalue weighted by molar-refractivity contribution is 0.561. The average molecular weight is 329 g/mol. The van der Waals surface area contributed by atoms with Gasteiger partial charge in [-0.2, -0.15) is 0 Å². The van der Waals surface area contributed by atoms with E-state index < -0.39 is 0 Å². The van der Waals surface area contributed by atoms with Crippen LogP contribution in [0, 0.1) is 0 Å². The van der Waals surface area contributed by atoms with Gasteiger partial charge >= 0.3 is 0 Å². The Morgan fingerprint density at radius 2 is 1.46 bits per heavy atom. The molecule has 4 rings (SSSR count). The zero-order chi connectivity index (χ0) is 16.2. The lowest BCUT2D eigenvalue weighted by Gasteiger charge is -2.00. The SMILES string of the molecule is C(=C\c1cccs1)/c1nc(-c2ccccc2)c(-c2ccccc2)o1. The Hall–Kier alpha value is -2.91. The smallest absolute Gasteiger partial charge is 0.220 e. The fourth-order valence-corrected chi connectivity index (χ4v) is 3.14. The highest BCUT2D eigenvalue weighted by molar-refractivity contribution is 7.10. The van der Waals surface area contributed by atoms with Crippen LogP contribution in [0.4, 0.5) is 0 Å². The molecule has 24 heavy (non-hydrogen) atoms. The molecule has 0 spiro atoms. The second-order valence-electron chi connectivity index (χ2n) is 5.31. The van der Waals surface area contributed by atoms with Gasteiger partial charge in [0, 0.05) is 22.1 Å². The van der Waals surface area contributed by atoms with E-state index in [0.717, 1.165) is 22.6 Å². The van der Waals surface area contributed by atoms with Crippen molar-refractivity contribution in [3.05, 3.63) is 88.9 Å². The molecule has 0 N–H and O–H groups in total. The molecule has 0 unspecified atom stereocenters. The van der Waals surface area contributed by atoms with Crippen molar-refractivity contribution in [3.63, 3.8) is 0 Å². The maximum atomic E-state index is 6.06. The van der Waals surface area contributed by atoms with Crippen LogP contribution in [0.15, 0.2) is 82.6 Å². The number of hydrogen-bond donors (Lipinski definition) is 0. The fourth-order valence-electron chi connectivity index (χ4n) is 2.52. The number of benzene rings is 2. The molecule has 3 heteroatoms. The molecule has 2 aromatic carbocycles. The summed E-state index contributed by atoms with van der Waals surface area (Å²) in [6.45, 7) is 0. The first-order valence-electron chi connectivity index (χ1n) is 7.73. The van der Waals surface area contributed by atoms with Crippen LogP contribution in [0.1, 0.15) is 10.8 Å². The van der Waals surface area contributed by atoms with E-state index in [-0.39, 0.29) is 0 Å². The quantitative estimate of drug-likeness (QED) is 0.443. The minimum Gasteiger partial charge on any atom is -0.436 e. The van der Waals surface area contributed by atoms with E-state index in [1.165, 1.54) is 4.88 Å². The lowest BCUT2D eigenvalue weighted by Crippen LogP contribution is -1.81. The number of thiophene rings is 1. The Kier molecular flexibility index (Phi) is 4.09. The van der Waals surface area contributed by atoms with E-state index in [1.54, 1.807) is 11.3 Å². The molecule has 0 atom stereocenters. The molecule has 116 valence electrons. The van der Waals surface area contributed by atoms with Crippen molar-refractivity contribution >= 4 is 23.5 Å². The third-order valence-electron chi connectivity index (χ3n) is 3.66. The zero-order valence-electron chi connectivity index (χ0n) is 12.9. The molecule has 0 amide bonds. The highest BCUT2D eigenvalue weighted by atomic mass is 32.1. The molecule has 0 saturated carbocycles. The van der Waals surface area contributed by atoms with Gasteiger partial charge in [-0.15, -0.1) is 11.3 Å². The van der Waals surface area contributed by atoms with Gasteiger partial charge in [0.25, 0.3) is 0 Å². The number of rotatable bonds is 4. The molecule has 2 aromatic heterocycles. The van der Waals surface area contributed by atoms with Crippen molar-refractivity contribution < 1.29 is 4.42 Å². The third-order valence-corrected chi connectivity index (χ3v) is 4.50. The molecule has 4 aromatic rings. The summed E-state index contributed by atoms with van der Waals surface area (Å²) in [6, 6.07) is 24.3. The number of oxazole rings is 1. The standard InChI is InChI=1S/C21H15NOS/c1-3-8-16(9-4-1)20-21(17-10-5-2-6-11-17)23-19(22-20)14-13-18-12-7-15-24-18/h1-15H/b14-13+. The molecule has 0 fully saturated rings. The van der Waals surface area contributed by atoms with Gasteiger partial charge in [0.15, 0.2) is 5.76 Å². The first-order chi connectivity index (χ1) is 11.9. The predicted molar refractivity (Wildman–Crippen MR) is 101 cm³/mol. The number of hydrogen-bond acceptors (Lipinski definition) is 3. The minimum atomic E-state index is 0.612. The highest BCUT2D eigenvalue weighted by Crippen LogP contribution is 2.33. The Morgan fingerprint density at radius 3 is 2.12 bits per heavy atom. The van der Waals surface area contributed by atoms with E-state index in [1.807, 2.05) is 66.7 Å². The van der Waals surface area contributed by atoms with E-state index in [2.05, 4.69) is 23.6 Å². The van der Waals surface area contributed by atoms with E-state index in [9.17, 15) is 0 Å². The summed E-state index contributed by atoms with van der Waals surface area (Å²) in [5.41, 5.74) is 2.95. The summed E-state index contributed by atoms with van der Waals surface area (Å²) in [5, 5.41) is 2.06. The second kappa shape index (κ2) is 6.69. The van der Waals surface area contributed by atoms with Crippen LogP contribution in [0.25, 0.3) is 34.7 Å². The van der Waals surface area contributed by atoms with Crippen LogP contribution in [0.5, 0.6) is 0 Å². The maximum Gasteiger partial charge on any atom is 0.220 e. The summed E-state index contributed by atoms with van der Waals surface area (Å²) in [4.78, 5) is 5.88. The number of aromatic nitrogens is 1. The summed E-state index contributed by atoms with van der Waals surface area (Å²) < 4.78 is 6.06. The molecule has 0 aliphatic rings. The molecule has 0 aliphatic carbocycles. The fraction of sp³-hybridized carbons (Fsp3) is 0. The Labute approximate surface area is 144 Å². The average Bonchev–Trinajstić information content (AvgIpc) is 3.31. The lowest BCUT2D eigenvalue weighted by atomic mass is 10.1. The van der Waals surface area contributed by atoms with Gasteiger partial charge in [-0.1, -0.05) is 66.7 Å². The van der Waals surface area contributed by atoms with Crippen LogP contribution >= 0.6 is 11.3 Å². The Morgan fingerprint density at radius 1 is 0.750 bits per heavy atom. The minimum absolute atomic E-state index is 0.612. The maximum absolute atomic E-state index is 6.06. The summed E-state index contributed by atoms with van der Waals surface area (Å²) in [6.07, 6.45) is 3.95. The molecular formula is C21H15NOS. The molecule has 2 nitrogen and oxygen atoms in total. The molecule has 0 radical (unpaired) electrons. The molecular weight excluding hydrogens is 314 g/mol. The van der Waals surface area contributed by atoms with Crippen molar-refractivity contribution in [2.45, 2.75) is 0 Å². The monoisotopic (exact) mass is 329 g/mol. The second-order valence-corrected chi connectivity index (χ2v) is 6.29. The van der Waals surface area contributed by atoms with Crippen molar-refractivity contribution in [1.29, 1.82) is 0 Å². The Balaban J connectivity index is 1.79. The van der Waals surface area contributed by atoms with Gasteiger partial charge < -0.3 is 4.42 Å². The molecule has 2 heterocycles. The molecule has 0 saturated heterocycles. The topological polar surface area (TPSA) is 26.0 Å². The summed E-state index contributed by atoms with van der Waals surface area (Å²) in [7, 11) is 0. The van der Waals surface area contributed by atoms with Crippen LogP contribution in [-0.4, -0.2) is 4.98 Å². The van der Waals surface area contributed by atoms with Crippen LogP contribution in [0.3, 0.4) is 0 Å². The third kappa shape index (κ3) is 3.07. The highest BCUT2D eigenvalue weighted by Gasteiger charge is 2.15. The Bertz CT molecular complexity index is 881. The summed E-state index contributed by atoms with van der Waals surface area (Å²) >= 11 is 1.69. The first kappa shape index (κ1) is 14.7.